The Hall–Kier alpha value is -1.91. The molecule has 2 aromatic rings. The largest absolute Gasteiger partial charge is 0.325 e. The molecule has 0 heterocycles. The van der Waals surface area contributed by atoms with Crippen molar-refractivity contribution in [1.82, 2.24) is 0 Å². The third-order valence-electron chi connectivity index (χ3n) is 3.37. The molecular formula is C16H17BrN2O5S2. The fraction of sp³-hybridized carbons (Fsp3) is 0.188. The maximum atomic E-state index is 12.3. The van der Waals surface area contributed by atoms with E-state index in [1.54, 1.807) is 24.3 Å². The molecule has 7 nitrogen and oxygen atoms in total. The quantitative estimate of drug-likeness (QED) is 0.712. The molecule has 0 aliphatic carbocycles. The second-order valence-corrected chi connectivity index (χ2v) is 10.3. The summed E-state index contributed by atoms with van der Waals surface area (Å²) >= 11 is 3.28. The summed E-state index contributed by atoms with van der Waals surface area (Å²) in [5, 5.41) is 2.56. The molecule has 0 unspecified atom stereocenters. The summed E-state index contributed by atoms with van der Waals surface area (Å²) in [6.45, 7) is -0.421. The number of anilines is 2. The van der Waals surface area contributed by atoms with Crippen LogP contribution in [0.5, 0.6) is 0 Å². The van der Waals surface area contributed by atoms with Gasteiger partial charge in [0.05, 0.1) is 16.8 Å². The third-order valence-corrected chi connectivity index (χ3v) is 6.30. The minimum Gasteiger partial charge on any atom is -0.325 e. The first kappa shape index (κ1) is 20.4. The number of carbonyl (C=O) groups is 1. The van der Waals surface area contributed by atoms with Gasteiger partial charge in [-0.3, -0.25) is 9.10 Å². The Morgan fingerprint density at radius 3 is 2.08 bits per heavy atom. The highest BCUT2D eigenvalue weighted by atomic mass is 79.9. The van der Waals surface area contributed by atoms with Crippen LogP contribution in [0, 0.1) is 0 Å². The Morgan fingerprint density at radius 1 is 1.00 bits per heavy atom. The van der Waals surface area contributed by atoms with Gasteiger partial charge in [-0.05, 0) is 52.3 Å². The minimum absolute atomic E-state index is 0.126. The molecule has 2 aromatic carbocycles. The Bertz CT molecular complexity index is 1020. The van der Waals surface area contributed by atoms with Crippen molar-refractivity contribution in [2.45, 2.75) is 4.90 Å². The molecule has 0 radical (unpaired) electrons. The lowest BCUT2D eigenvalue weighted by Crippen LogP contribution is -2.37. The van der Waals surface area contributed by atoms with E-state index in [0.29, 0.717) is 15.8 Å². The Labute approximate surface area is 161 Å². The van der Waals surface area contributed by atoms with Crippen LogP contribution in [0.25, 0.3) is 0 Å². The summed E-state index contributed by atoms with van der Waals surface area (Å²) in [4.78, 5) is 12.4. The van der Waals surface area contributed by atoms with Crippen LogP contribution in [0.2, 0.25) is 0 Å². The van der Waals surface area contributed by atoms with Crippen molar-refractivity contribution >= 4 is 53.1 Å². The van der Waals surface area contributed by atoms with Gasteiger partial charge in [0.25, 0.3) is 0 Å². The molecule has 2 rings (SSSR count). The number of halogens is 1. The molecule has 0 fully saturated rings. The molecule has 0 saturated carbocycles. The first-order chi connectivity index (χ1) is 12.0. The smallest absolute Gasteiger partial charge is 0.245 e. The van der Waals surface area contributed by atoms with E-state index >= 15 is 0 Å². The second-order valence-electron chi connectivity index (χ2n) is 5.57. The number of rotatable bonds is 6. The zero-order chi connectivity index (χ0) is 19.5. The van der Waals surface area contributed by atoms with Gasteiger partial charge in [-0.25, -0.2) is 16.8 Å². The van der Waals surface area contributed by atoms with E-state index in [1.165, 1.54) is 24.3 Å². The van der Waals surface area contributed by atoms with Crippen LogP contribution >= 0.6 is 15.9 Å². The molecule has 1 amide bonds. The van der Waals surface area contributed by atoms with Crippen molar-refractivity contribution in [3.63, 3.8) is 0 Å². The van der Waals surface area contributed by atoms with Crippen LogP contribution in [0.3, 0.4) is 0 Å². The number of para-hydroxylation sites is 1. The van der Waals surface area contributed by atoms with E-state index in [-0.39, 0.29) is 4.90 Å². The highest BCUT2D eigenvalue weighted by Crippen LogP contribution is 2.27. The SMILES string of the molecule is CS(=O)(=O)c1ccc(NC(=O)CN(c2ccccc2Br)S(C)(=O)=O)cc1. The van der Waals surface area contributed by atoms with Crippen molar-refractivity contribution in [2.75, 3.05) is 28.7 Å². The molecule has 0 atom stereocenters. The van der Waals surface area contributed by atoms with Gasteiger partial charge in [-0.15, -0.1) is 0 Å². The summed E-state index contributed by atoms with van der Waals surface area (Å²) in [7, 11) is -7.02. The van der Waals surface area contributed by atoms with Gasteiger partial charge in [-0.1, -0.05) is 12.1 Å². The highest BCUT2D eigenvalue weighted by Gasteiger charge is 2.22. The predicted molar refractivity (Wildman–Crippen MR) is 105 cm³/mol. The predicted octanol–water partition coefficient (Wildman–Crippen LogP) is 2.26. The van der Waals surface area contributed by atoms with E-state index in [2.05, 4.69) is 21.2 Å². The number of hydrogen-bond donors (Lipinski definition) is 1. The summed E-state index contributed by atoms with van der Waals surface area (Å²) in [6.07, 6.45) is 2.10. The Kier molecular flexibility index (Phi) is 6.09. The zero-order valence-electron chi connectivity index (χ0n) is 14.0. The van der Waals surface area contributed by atoms with Crippen LogP contribution < -0.4 is 9.62 Å². The summed E-state index contributed by atoms with van der Waals surface area (Å²) in [6, 6.07) is 12.3. The average Bonchev–Trinajstić information content (AvgIpc) is 2.52. The van der Waals surface area contributed by atoms with Crippen LogP contribution in [0.15, 0.2) is 57.9 Å². The van der Waals surface area contributed by atoms with E-state index in [9.17, 15) is 21.6 Å². The first-order valence-corrected chi connectivity index (χ1v) is 11.8. The fourth-order valence-electron chi connectivity index (χ4n) is 2.15. The van der Waals surface area contributed by atoms with Gasteiger partial charge in [0.1, 0.15) is 6.54 Å². The summed E-state index contributed by atoms with van der Waals surface area (Å²) < 4.78 is 48.6. The second kappa shape index (κ2) is 7.77. The van der Waals surface area contributed by atoms with Crippen LogP contribution in [-0.4, -0.2) is 41.8 Å². The van der Waals surface area contributed by atoms with Crippen molar-refractivity contribution in [3.8, 4) is 0 Å². The fourth-order valence-corrected chi connectivity index (χ4v) is 4.27. The molecule has 140 valence electrons. The van der Waals surface area contributed by atoms with Crippen molar-refractivity contribution in [2.24, 2.45) is 0 Å². The maximum absolute atomic E-state index is 12.3. The van der Waals surface area contributed by atoms with Crippen molar-refractivity contribution < 1.29 is 21.6 Å². The Balaban J connectivity index is 2.20. The summed E-state index contributed by atoms with van der Waals surface area (Å²) in [5.41, 5.74) is 0.709. The Morgan fingerprint density at radius 2 is 1.58 bits per heavy atom. The molecule has 1 N–H and O–H groups in total. The van der Waals surface area contributed by atoms with Crippen LogP contribution in [0.1, 0.15) is 0 Å². The highest BCUT2D eigenvalue weighted by molar-refractivity contribution is 9.10. The standard InChI is InChI=1S/C16H17BrN2O5S2/c1-25(21,22)13-9-7-12(8-10-13)18-16(20)11-19(26(2,23)24)15-6-4-3-5-14(15)17/h3-10H,11H2,1-2H3,(H,18,20). The molecule has 0 saturated heterocycles. The summed E-state index contributed by atoms with van der Waals surface area (Å²) in [5.74, 6) is -0.557. The zero-order valence-corrected chi connectivity index (χ0v) is 17.2. The van der Waals surface area contributed by atoms with Crippen LogP contribution in [0.4, 0.5) is 11.4 Å². The molecule has 0 bridgehead atoms. The van der Waals surface area contributed by atoms with Gasteiger partial charge < -0.3 is 5.32 Å². The molecule has 0 spiro atoms. The van der Waals surface area contributed by atoms with Crippen molar-refractivity contribution in [1.29, 1.82) is 0 Å². The van der Waals surface area contributed by atoms with Gasteiger partial charge in [0.15, 0.2) is 9.84 Å². The lowest BCUT2D eigenvalue weighted by atomic mass is 10.3. The molecule has 0 aromatic heterocycles. The first-order valence-electron chi connectivity index (χ1n) is 7.31. The van der Waals surface area contributed by atoms with Gasteiger partial charge in [0, 0.05) is 16.4 Å². The molecule has 10 heteroatoms. The number of nitrogens with zero attached hydrogens (tertiary/aromatic N) is 1. The lowest BCUT2D eigenvalue weighted by Gasteiger charge is -2.23. The van der Waals surface area contributed by atoms with Gasteiger partial charge in [0.2, 0.25) is 15.9 Å². The molecule has 0 aliphatic heterocycles. The molecular weight excluding hydrogens is 444 g/mol. The number of amides is 1. The number of sulfonamides is 1. The van der Waals surface area contributed by atoms with E-state index in [0.717, 1.165) is 16.8 Å². The van der Waals surface area contributed by atoms with E-state index < -0.39 is 32.3 Å². The van der Waals surface area contributed by atoms with E-state index in [1.807, 2.05) is 0 Å². The molecule has 26 heavy (non-hydrogen) atoms. The minimum atomic E-state index is -3.69. The van der Waals surface area contributed by atoms with E-state index in [4.69, 9.17) is 0 Å². The number of nitrogens with one attached hydrogen (secondary N) is 1. The molecule has 0 aliphatic rings. The van der Waals surface area contributed by atoms with Crippen molar-refractivity contribution in [3.05, 3.63) is 53.0 Å². The third kappa shape index (κ3) is 5.29. The topological polar surface area (TPSA) is 101 Å². The number of sulfone groups is 1. The number of hydrogen-bond acceptors (Lipinski definition) is 5. The lowest BCUT2D eigenvalue weighted by molar-refractivity contribution is -0.114. The average molecular weight is 461 g/mol. The maximum Gasteiger partial charge on any atom is 0.245 e. The van der Waals surface area contributed by atoms with Gasteiger partial charge >= 0.3 is 0 Å². The number of carbonyl (C=O) groups excluding carboxylic acids is 1. The van der Waals surface area contributed by atoms with Gasteiger partial charge in [-0.2, -0.15) is 0 Å². The normalized spacial score (nSPS) is 11.8. The number of benzene rings is 2. The van der Waals surface area contributed by atoms with Crippen LogP contribution in [-0.2, 0) is 24.7 Å². The monoisotopic (exact) mass is 460 g/mol.